The monoisotopic (exact) mass is 221 g/mol. The number of aryl methyl sites for hydroxylation is 2. The van der Waals surface area contributed by atoms with Crippen LogP contribution in [-0.4, -0.2) is 17.6 Å². The van der Waals surface area contributed by atoms with Gasteiger partial charge in [0.25, 0.3) is 0 Å². The van der Waals surface area contributed by atoms with Crippen molar-refractivity contribution < 1.29 is 9.90 Å². The van der Waals surface area contributed by atoms with Gasteiger partial charge >= 0.3 is 5.97 Å². The lowest BCUT2D eigenvalue weighted by atomic mass is 9.93. The maximum atomic E-state index is 11.0. The fraction of sp³-hybridized carbons (Fsp3) is 0.462. The third kappa shape index (κ3) is 2.61. The molecule has 88 valence electrons. The average Bonchev–Trinajstić information content (AvgIpc) is 2.29. The van der Waals surface area contributed by atoms with Gasteiger partial charge in [0.05, 0.1) is 5.92 Å². The van der Waals surface area contributed by atoms with Crippen molar-refractivity contribution in [3.05, 3.63) is 34.9 Å². The van der Waals surface area contributed by atoms with Gasteiger partial charge in [0.15, 0.2) is 0 Å². The van der Waals surface area contributed by atoms with E-state index in [2.05, 4.69) is 13.8 Å². The summed E-state index contributed by atoms with van der Waals surface area (Å²) in [7, 11) is 0. The Hall–Kier alpha value is -1.35. The molecule has 0 bridgehead atoms. The number of carbonyl (C=O) groups is 1. The Balaban J connectivity index is 3.11. The van der Waals surface area contributed by atoms with E-state index in [0.29, 0.717) is 0 Å². The van der Waals surface area contributed by atoms with Gasteiger partial charge in [-0.3, -0.25) is 4.79 Å². The van der Waals surface area contributed by atoms with Gasteiger partial charge < -0.3 is 10.8 Å². The van der Waals surface area contributed by atoms with E-state index in [-0.39, 0.29) is 6.54 Å². The van der Waals surface area contributed by atoms with Gasteiger partial charge in [-0.15, -0.1) is 0 Å². The molecule has 16 heavy (non-hydrogen) atoms. The predicted molar refractivity (Wildman–Crippen MR) is 64.6 cm³/mol. The molecule has 1 aromatic carbocycles. The highest BCUT2D eigenvalue weighted by molar-refractivity contribution is 5.76. The molecule has 3 N–H and O–H groups in total. The van der Waals surface area contributed by atoms with E-state index >= 15 is 0 Å². The fourth-order valence-corrected chi connectivity index (χ4v) is 1.92. The lowest BCUT2D eigenvalue weighted by Crippen LogP contribution is -2.21. The van der Waals surface area contributed by atoms with E-state index in [4.69, 9.17) is 10.8 Å². The minimum absolute atomic E-state index is 0.143. The van der Waals surface area contributed by atoms with Crippen molar-refractivity contribution in [2.75, 3.05) is 6.54 Å². The summed E-state index contributed by atoms with van der Waals surface area (Å²) in [6, 6.07) is 5.87. The maximum absolute atomic E-state index is 11.0. The number of nitrogens with two attached hydrogens (primary N) is 1. The zero-order chi connectivity index (χ0) is 12.1. The van der Waals surface area contributed by atoms with E-state index in [0.717, 1.165) is 18.4 Å². The third-order valence-corrected chi connectivity index (χ3v) is 2.93. The first-order valence-corrected chi connectivity index (χ1v) is 5.68. The summed E-state index contributed by atoms with van der Waals surface area (Å²) in [5.41, 5.74) is 8.80. The molecule has 1 aromatic rings. The van der Waals surface area contributed by atoms with Crippen LogP contribution in [0, 0.1) is 0 Å². The molecule has 1 unspecified atom stereocenters. The van der Waals surface area contributed by atoms with Crippen molar-refractivity contribution in [3.63, 3.8) is 0 Å². The Kier molecular flexibility index (Phi) is 4.50. The number of benzene rings is 1. The first-order valence-electron chi connectivity index (χ1n) is 5.68. The van der Waals surface area contributed by atoms with Gasteiger partial charge in [0, 0.05) is 6.54 Å². The highest BCUT2D eigenvalue weighted by atomic mass is 16.4. The Morgan fingerprint density at radius 2 is 1.94 bits per heavy atom. The molecule has 0 fully saturated rings. The molecule has 1 rings (SSSR count). The van der Waals surface area contributed by atoms with Crippen molar-refractivity contribution in [3.8, 4) is 0 Å². The van der Waals surface area contributed by atoms with Crippen molar-refractivity contribution in [2.45, 2.75) is 32.6 Å². The van der Waals surface area contributed by atoms with Crippen LogP contribution in [0.4, 0.5) is 0 Å². The van der Waals surface area contributed by atoms with Crippen molar-refractivity contribution >= 4 is 5.97 Å². The van der Waals surface area contributed by atoms with Gasteiger partial charge in [0.2, 0.25) is 0 Å². The van der Waals surface area contributed by atoms with Crippen LogP contribution in [-0.2, 0) is 17.6 Å². The first kappa shape index (κ1) is 12.7. The molecule has 0 aliphatic heterocycles. The minimum atomic E-state index is -0.853. The summed E-state index contributed by atoms with van der Waals surface area (Å²) >= 11 is 0. The molecule has 0 saturated heterocycles. The van der Waals surface area contributed by atoms with Crippen molar-refractivity contribution in [2.24, 2.45) is 5.73 Å². The molecule has 0 spiro atoms. The molecule has 0 aliphatic carbocycles. The molecular weight excluding hydrogens is 202 g/mol. The number of aliphatic carboxylic acids is 1. The highest BCUT2D eigenvalue weighted by Crippen LogP contribution is 2.20. The predicted octanol–water partition coefficient (Wildman–Crippen LogP) is 1.94. The second-order valence-corrected chi connectivity index (χ2v) is 3.86. The topological polar surface area (TPSA) is 63.3 Å². The maximum Gasteiger partial charge on any atom is 0.312 e. The van der Waals surface area contributed by atoms with Gasteiger partial charge in [-0.25, -0.2) is 0 Å². The normalized spacial score (nSPS) is 12.4. The molecule has 0 saturated carbocycles. The lowest BCUT2D eigenvalue weighted by Gasteiger charge is -2.13. The molecule has 0 aliphatic rings. The summed E-state index contributed by atoms with van der Waals surface area (Å²) in [5, 5.41) is 9.04. The molecule has 0 aromatic heterocycles. The molecule has 3 nitrogen and oxygen atoms in total. The highest BCUT2D eigenvalue weighted by Gasteiger charge is 2.18. The van der Waals surface area contributed by atoms with Crippen LogP contribution in [0.1, 0.15) is 36.5 Å². The average molecular weight is 221 g/mol. The molecule has 1 atom stereocenters. The second-order valence-electron chi connectivity index (χ2n) is 3.86. The molecule has 0 radical (unpaired) electrons. The van der Waals surface area contributed by atoms with Crippen LogP contribution in [0.3, 0.4) is 0 Å². The largest absolute Gasteiger partial charge is 0.481 e. The van der Waals surface area contributed by atoms with E-state index in [1.54, 1.807) is 0 Å². The third-order valence-electron chi connectivity index (χ3n) is 2.93. The standard InChI is InChI=1S/C13H19NO2/c1-3-9-5-6-11(7-10(9)4-2)12(8-14)13(15)16/h5-7,12H,3-4,8,14H2,1-2H3,(H,15,16). The zero-order valence-corrected chi connectivity index (χ0v) is 9.86. The Morgan fingerprint density at radius 3 is 2.38 bits per heavy atom. The van der Waals surface area contributed by atoms with Gasteiger partial charge in [-0.2, -0.15) is 0 Å². The van der Waals surface area contributed by atoms with Crippen molar-refractivity contribution in [1.82, 2.24) is 0 Å². The minimum Gasteiger partial charge on any atom is -0.481 e. The summed E-state index contributed by atoms with van der Waals surface area (Å²) in [6.45, 7) is 4.33. The van der Waals surface area contributed by atoms with E-state index in [9.17, 15) is 4.79 Å². The molecule has 0 heterocycles. The van der Waals surface area contributed by atoms with E-state index in [1.807, 2.05) is 18.2 Å². The van der Waals surface area contributed by atoms with Gasteiger partial charge in [-0.05, 0) is 29.5 Å². The fourth-order valence-electron chi connectivity index (χ4n) is 1.92. The summed E-state index contributed by atoms with van der Waals surface area (Å²) in [4.78, 5) is 11.0. The van der Waals surface area contributed by atoms with Crippen LogP contribution < -0.4 is 5.73 Å². The molecule has 0 amide bonds. The first-order chi connectivity index (χ1) is 7.63. The van der Waals surface area contributed by atoms with E-state index < -0.39 is 11.9 Å². The van der Waals surface area contributed by atoms with E-state index in [1.165, 1.54) is 11.1 Å². The molecule has 3 heteroatoms. The van der Waals surface area contributed by atoms with Crippen LogP contribution in [0.5, 0.6) is 0 Å². The van der Waals surface area contributed by atoms with Gasteiger partial charge in [0.1, 0.15) is 0 Å². The van der Waals surface area contributed by atoms with Crippen LogP contribution >= 0.6 is 0 Å². The molecular formula is C13H19NO2. The zero-order valence-electron chi connectivity index (χ0n) is 9.86. The van der Waals surface area contributed by atoms with Crippen molar-refractivity contribution in [1.29, 1.82) is 0 Å². The number of carboxylic acid groups (broad SMARTS) is 1. The van der Waals surface area contributed by atoms with Crippen LogP contribution in [0.15, 0.2) is 18.2 Å². The van der Waals surface area contributed by atoms with Crippen LogP contribution in [0.2, 0.25) is 0 Å². The summed E-state index contributed by atoms with van der Waals surface area (Å²) in [5.74, 6) is -1.44. The Bertz CT molecular complexity index is 374. The smallest absolute Gasteiger partial charge is 0.312 e. The second kappa shape index (κ2) is 5.66. The number of rotatable bonds is 5. The quantitative estimate of drug-likeness (QED) is 0.798. The lowest BCUT2D eigenvalue weighted by molar-refractivity contribution is -0.138. The number of hydrogen-bond donors (Lipinski definition) is 2. The summed E-state index contributed by atoms with van der Waals surface area (Å²) < 4.78 is 0. The Labute approximate surface area is 96.3 Å². The number of hydrogen-bond acceptors (Lipinski definition) is 2. The Morgan fingerprint density at radius 1 is 1.31 bits per heavy atom. The van der Waals surface area contributed by atoms with Gasteiger partial charge in [-0.1, -0.05) is 32.0 Å². The SMILES string of the molecule is CCc1ccc(C(CN)C(=O)O)cc1CC. The summed E-state index contributed by atoms with van der Waals surface area (Å²) in [6.07, 6.45) is 1.90. The number of carboxylic acids is 1. The van der Waals surface area contributed by atoms with Crippen LogP contribution in [0.25, 0.3) is 0 Å².